The average molecular weight is 1050 g/mol. The molecule has 0 spiro atoms. The van der Waals surface area contributed by atoms with Gasteiger partial charge < -0.3 is 49.4 Å². The topological polar surface area (TPSA) is 157 Å². The summed E-state index contributed by atoms with van der Waals surface area (Å²) in [5.41, 5.74) is 3.56. The van der Waals surface area contributed by atoms with Crippen molar-refractivity contribution in [2.24, 2.45) is 23.7 Å². The molecule has 14 heteroatoms. The molecular weight excluding hydrogens is 947 g/mol. The van der Waals surface area contributed by atoms with E-state index in [9.17, 15) is 19.2 Å². The standard InChI is InChI=1S/C61H99N5O9/c1-13-42(6)56(65(10)61(70)55(41(4)5)64-60(69)54(62-9)40(2)3)51(71-11)37-52(67)66-36-24-30-50(66)57(72-12)43(7)59(68)63-44(8)58(48-27-21-18-22-28-48)75-53-31-23-29-49(74-53)39-73-38-45-32-34-47(35-33-45)46-25-19-16-14-15-17-20-26-46/h18,21-22,27-28,32-35,40-44,46,49-51,53-58,62H,13-17,19-20,23-26,29-31,36-39H2,1-12H3,(H,63,68)(H,64,69)/t42-,43+,44+,49?,50-,51+,53?,54-,55-,56-,57+,58+/m0/s1. The Morgan fingerprint density at radius 3 is 2.00 bits per heavy atom. The fourth-order valence-electron chi connectivity index (χ4n) is 12.0. The lowest BCUT2D eigenvalue weighted by molar-refractivity contribution is -0.229. The van der Waals surface area contributed by atoms with Crippen LogP contribution in [0.4, 0.5) is 0 Å². The molecule has 0 aromatic heterocycles. The summed E-state index contributed by atoms with van der Waals surface area (Å²) >= 11 is 0. The van der Waals surface area contributed by atoms with Gasteiger partial charge in [-0.15, -0.1) is 0 Å². The minimum absolute atomic E-state index is 0.0267. The Morgan fingerprint density at radius 1 is 0.747 bits per heavy atom. The highest BCUT2D eigenvalue weighted by atomic mass is 16.7. The molecule has 1 aliphatic carbocycles. The van der Waals surface area contributed by atoms with Crippen LogP contribution in [0, 0.1) is 23.7 Å². The summed E-state index contributed by atoms with van der Waals surface area (Å²) in [6, 6.07) is 16.6. The van der Waals surface area contributed by atoms with Crippen LogP contribution in [0.3, 0.4) is 0 Å². The van der Waals surface area contributed by atoms with Crippen molar-refractivity contribution in [1.29, 1.82) is 0 Å². The Hall–Kier alpha value is -3.92. The molecule has 75 heavy (non-hydrogen) atoms. The predicted octanol–water partition coefficient (Wildman–Crippen LogP) is 9.88. The molecule has 0 bridgehead atoms. The normalized spacial score (nSPS) is 22.6. The average Bonchev–Trinajstić information content (AvgIpc) is 3.94. The molecule has 4 amide bonds. The van der Waals surface area contributed by atoms with Crippen molar-refractivity contribution in [2.75, 3.05) is 41.5 Å². The van der Waals surface area contributed by atoms with Crippen LogP contribution in [-0.4, -0.2) is 130 Å². The van der Waals surface area contributed by atoms with Gasteiger partial charge in [-0.25, -0.2) is 0 Å². The largest absolute Gasteiger partial charge is 0.379 e. The Morgan fingerprint density at radius 2 is 1.40 bits per heavy atom. The molecule has 5 rings (SSSR count). The molecule has 3 fully saturated rings. The van der Waals surface area contributed by atoms with Crippen LogP contribution < -0.4 is 16.0 Å². The highest BCUT2D eigenvalue weighted by molar-refractivity contribution is 5.90. The van der Waals surface area contributed by atoms with Gasteiger partial charge in [-0.05, 0) is 99.3 Å². The molecule has 2 aromatic rings. The molecule has 2 saturated heterocycles. The SMILES string of the molecule is CC[C@H](C)[C@@H]([C@@H](CC(=O)N1CCC[C@H]1[C@H](OC)[C@@H](C)C(=O)N[C@H](C)[C@@H](OC1CCCC(COCc2ccc(C3CCCCCCCC3)cc2)O1)c1ccccc1)OC)N(C)C(=O)[C@@H](NC(=O)[C@@H](NC)C(C)C)C(C)C. The van der Waals surface area contributed by atoms with Crippen molar-refractivity contribution < 1.29 is 42.9 Å². The van der Waals surface area contributed by atoms with Crippen molar-refractivity contribution in [3.05, 3.63) is 71.3 Å². The summed E-state index contributed by atoms with van der Waals surface area (Å²) in [5, 5.41) is 9.37. The number of hydrogen-bond donors (Lipinski definition) is 3. The highest BCUT2D eigenvalue weighted by Gasteiger charge is 2.44. The van der Waals surface area contributed by atoms with Gasteiger partial charge >= 0.3 is 0 Å². The first kappa shape index (κ1) is 61.9. The fourth-order valence-corrected chi connectivity index (χ4v) is 12.0. The van der Waals surface area contributed by atoms with Crippen LogP contribution in [0.5, 0.6) is 0 Å². The molecule has 3 aliphatic rings. The van der Waals surface area contributed by atoms with E-state index in [-0.39, 0.29) is 59.9 Å². The zero-order chi connectivity index (χ0) is 54.6. The predicted molar refractivity (Wildman–Crippen MR) is 297 cm³/mol. The van der Waals surface area contributed by atoms with Gasteiger partial charge in [-0.2, -0.15) is 0 Å². The molecular formula is C61H99N5O9. The first-order valence-electron chi connectivity index (χ1n) is 28.9. The number of carbonyl (C=O) groups is 4. The molecule has 2 aliphatic heterocycles. The second-order valence-electron chi connectivity index (χ2n) is 22.9. The maximum atomic E-state index is 14.5. The van der Waals surface area contributed by atoms with Crippen molar-refractivity contribution in [2.45, 2.75) is 225 Å². The van der Waals surface area contributed by atoms with Crippen LogP contribution in [0.1, 0.15) is 180 Å². The number of amides is 4. The number of carbonyl (C=O) groups excluding carboxylic acids is 4. The molecule has 3 N–H and O–H groups in total. The lowest BCUT2D eigenvalue weighted by Crippen LogP contribution is -2.59. The number of nitrogens with one attached hydrogen (secondary N) is 3. The van der Waals surface area contributed by atoms with Gasteiger partial charge in [0.2, 0.25) is 23.6 Å². The van der Waals surface area contributed by atoms with Gasteiger partial charge in [0.1, 0.15) is 12.1 Å². The molecule has 422 valence electrons. The van der Waals surface area contributed by atoms with Gasteiger partial charge in [-0.1, -0.05) is 148 Å². The summed E-state index contributed by atoms with van der Waals surface area (Å²) in [4.78, 5) is 60.2. The van der Waals surface area contributed by atoms with E-state index in [2.05, 4.69) is 54.1 Å². The van der Waals surface area contributed by atoms with Crippen molar-refractivity contribution >= 4 is 23.6 Å². The minimum atomic E-state index is -0.769. The zero-order valence-corrected chi connectivity index (χ0v) is 48.2. The number of hydrogen-bond acceptors (Lipinski definition) is 10. The Kier molecular flexibility index (Phi) is 26.0. The zero-order valence-electron chi connectivity index (χ0n) is 48.2. The van der Waals surface area contributed by atoms with Gasteiger partial charge in [0.15, 0.2) is 6.29 Å². The third-order valence-electron chi connectivity index (χ3n) is 16.7. The quantitative estimate of drug-likeness (QED) is 0.0787. The molecule has 2 aromatic carbocycles. The summed E-state index contributed by atoms with van der Waals surface area (Å²) < 4.78 is 31.9. The lowest BCUT2D eigenvalue weighted by atomic mass is 9.89. The van der Waals surface area contributed by atoms with Crippen molar-refractivity contribution in [3.8, 4) is 0 Å². The summed E-state index contributed by atoms with van der Waals surface area (Å²) in [7, 11) is 6.68. The molecule has 0 radical (unpaired) electrons. The maximum Gasteiger partial charge on any atom is 0.245 e. The van der Waals surface area contributed by atoms with E-state index in [0.717, 1.165) is 37.7 Å². The summed E-state index contributed by atoms with van der Waals surface area (Å²) in [6.45, 7) is 17.2. The minimum Gasteiger partial charge on any atom is -0.379 e. The van der Waals surface area contributed by atoms with Crippen molar-refractivity contribution in [3.63, 3.8) is 0 Å². The maximum absolute atomic E-state index is 14.5. The van der Waals surface area contributed by atoms with Crippen LogP contribution in [0.15, 0.2) is 54.6 Å². The van der Waals surface area contributed by atoms with E-state index in [1.54, 1.807) is 33.2 Å². The first-order valence-corrected chi connectivity index (χ1v) is 28.9. The number of benzene rings is 2. The van der Waals surface area contributed by atoms with Crippen LogP contribution in [0.25, 0.3) is 0 Å². The molecule has 2 unspecified atom stereocenters. The number of ether oxygens (including phenoxy) is 5. The van der Waals surface area contributed by atoms with Gasteiger partial charge in [0, 0.05) is 27.8 Å². The number of likely N-dealkylation sites (N-methyl/N-ethyl adjacent to an activating group) is 2. The second kappa shape index (κ2) is 31.5. The third-order valence-corrected chi connectivity index (χ3v) is 16.7. The molecule has 12 atom stereocenters. The van der Waals surface area contributed by atoms with Crippen molar-refractivity contribution in [1.82, 2.24) is 25.8 Å². The van der Waals surface area contributed by atoms with E-state index < -0.39 is 54.7 Å². The van der Waals surface area contributed by atoms with Crippen LogP contribution in [-0.2, 0) is 49.5 Å². The molecule has 1 saturated carbocycles. The monoisotopic (exact) mass is 1050 g/mol. The Bertz CT molecular complexity index is 2000. The van der Waals surface area contributed by atoms with Crippen LogP contribution >= 0.6 is 0 Å². The van der Waals surface area contributed by atoms with Gasteiger partial charge in [0.25, 0.3) is 0 Å². The molecule has 2 heterocycles. The lowest BCUT2D eigenvalue weighted by Gasteiger charge is -2.41. The number of rotatable bonds is 27. The smallest absolute Gasteiger partial charge is 0.245 e. The van der Waals surface area contributed by atoms with E-state index in [0.29, 0.717) is 32.1 Å². The van der Waals surface area contributed by atoms with E-state index in [1.165, 1.54) is 62.5 Å². The van der Waals surface area contributed by atoms with Crippen LogP contribution in [0.2, 0.25) is 0 Å². The highest BCUT2D eigenvalue weighted by Crippen LogP contribution is 2.34. The third kappa shape index (κ3) is 17.8. The first-order chi connectivity index (χ1) is 36.0. The Labute approximate surface area is 452 Å². The van der Waals surface area contributed by atoms with E-state index >= 15 is 0 Å². The van der Waals surface area contributed by atoms with Gasteiger partial charge in [-0.3, -0.25) is 19.2 Å². The Balaban J connectivity index is 1.19. The summed E-state index contributed by atoms with van der Waals surface area (Å²) in [5.74, 6) is -0.919. The van der Waals surface area contributed by atoms with E-state index in [1.807, 2.05) is 76.8 Å². The van der Waals surface area contributed by atoms with E-state index in [4.69, 9.17) is 23.7 Å². The fraction of sp³-hybridized carbons (Fsp3) is 0.738. The van der Waals surface area contributed by atoms with Gasteiger partial charge in [0.05, 0.1) is 68.0 Å². The second-order valence-corrected chi connectivity index (χ2v) is 22.9. The summed E-state index contributed by atoms with van der Waals surface area (Å²) in [6.07, 6.45) is 13.1. The molecule has 14 nitrogen and oxygen atoms in total. The number of likely N-dealkylation sites (tertiary alicyclic amines) is 1. The number of methoxy groups -OCH3 is 2. The number of nitrogens with zero attached hydrogens (tertiary/aromatic N) is 2.